The van der Waals surface area contributed by atoms with E-state index in [0.29, 0.717) is 12.0 Å². The molecule has 0 spiro atoms. The monoisotopic (exact) mass is 210 g/mol. The molecule has 1 N–H and O–H groups in total. The Morgan fingerprint density at radius 3 is 2.60 bits per heavy atom. The van der Waals surface area contributed by atoms with Gasteiger partial charge in [0.1, 0.15) is 0 Å². The fraction of sp³-hybridized carbons (Fsp3) is 0.917. The molecule has 2 aliphatic rings. The second-order valence-corrected chi connectivity index (χ2v) is 5.12. The molecule has 1 unspecified atom stereocenters. The van der Waals surface area contributed by atoms with Gasteiger partial charge in [0.25, 0.3) is 0 Å². The van der Waals surface area contributed by atoms with Crippen LogP contribution in [0.2, 0.25) is 0 Å². The van der Waals surface area contributed by atoms with Gasteiger partial charge in [-0.3, -0.25) is 0 Å². The van der Waals surface area contributed by atoms with Crippen LogP contribution in [0, 0.1) is 5.92 Å². The van der Waals surface area contributed by atoms with Gasteiger partial charge < -0.3 is 10.2 Å². The first kappa shape index (κ1) is 10.8. The number of hydrogen-bond donors (Lipinski definition) is 1. The second kappa shape index (κ2) is 4.86. The van der Waals surface area contributed by atoms with Crippen LogP contribution in [-0.4, -0.2) is 30.1 Å². The highest BCUT2D eigenvalue weighted by molar-refractivity contribution is 5.74. The Hall–Kier alpha value is -0.730. The smallest absolute Gasteiger partial charge is 0.317 e. The van der Waals surface area contributed by atoms with Gasteiger partial charge in [-0.05, 0) is 31.6 Å². The van der Waals surface area contributed by atoms with Gasteiger partial charge in [-0.2, -0.15) is 0 Å². The van der Waals surface area contributed by atoms with Gasteiger partial charge in [0.05, 0.1) is 0 Å². The fourth-order valence-corrected chi connectivity index (χ4v) is 2.71. The van der Waals surface area contributed by atoms with Gasteiger partial charge >= 0.3 is 6.03 Å². The molecule has 1 aliphatic carbocycles. The van der Waals surface area contributed by atoms with E-state index in [-0.39, 0.29) is 6.03 Å². The van der Waals surface area contributed by atoms with Crippen molar-refractivity contribution in [3.63, 3.8) is 0 Å². The molecule has 2 amide bonds. The third-order valence-corrected chi connectivity index (χ3v) is 3.63. The van der Waals surface area contributed by atoms with Crippen molar-refractivity contribution < 1.29 is 4.79 Å². The Bertz CT molecular complexity index is 224. The van der Waals surface area contributed by atoms with Crippen molar-refractivity contribution in [1.82, 2.24) is 10.2 Å². The van der Waals surface area contributed by atoms with Crippen molar-refractivity contribution in [3.8, 4) is 0 Å². The van der Waals surface area contributed by atoms with Gasteiger partial charge in [-0.1, -0.05) is 19.8 Å². The van der Waals surface area contributed by atoms with Gasteiger partial charge in [0, 0.05) is 19.1 Å². The van der Waals surface area contributed by atoms with Crippen LogP contribution in [0.4, 0.5) is 4.79 Å². The Morgan fingerprint density at radius 1 is 1.20 bits per heavy atom. The first-order valence-corrected chi connectivity index (χ1v) is 6.31. The summed E-state index contributed by atoms with van der Waals surface area (Å²) in [6, 6.07) is 0.628. The van der Waals surface area contributed by atoms with Crippen LogP contribution in [0.15, 0.2) is 0 Å². The summed E-state index contributed by atoms with van der Waals surface area (Å²) < 4.78 is 0. The SMILES string of the molecule is CC1CCCN(C(=O)NC2CCCC2)C1. The molecular weight excluding hydrogens is 188 g/mol. The van der Waals surface area contributed by atoms with Crippen LogP contribution in [0.3, 0.4) is 0 Å². The number of likely N-dealkylation sites (tertiary alicyclic amines) is 1. The number of nitrogens with one attached hydrogen (secondary N) is 1. The summed E-state index contributed by atoms with van der Waals surface area (Å²) in [6.45, 7) is 4.12. The molecule has 86 valence electrons. The molecule has 1 atom stereocenters. The topological polar surface area (TPSA) is 32.3 Å². The largest absolute Gasteiger partial charge is 0.335 e. The minimum absolute atomic E-state index is 0.174. The molecule has 1 aliphatic heterocycles. The number of amides is 2. The van der Waals surface area contributed by atoms with Crippen LogP contribution in [0.25, 0.3) is 0 Å². The van der Waals surface area contributed by atoms with Crippen LogP contribution in [-0.2, 0) is 0 Å². The van der Waals surface area contributed by atoms with E-state index >= 15 is 0 Å². The number of carbonyl (C=O) groups is 1. The summed E-state index contributed by atoms with van der Waals surface area (Å²) in [5.74, 6) is 0.674. The van der Waals surface area contributed by atoms with E-state index in [1.807, 2.05) is 4.90 Å². The molecule has 15 heavy (non-hydrogen) atoms. The van der Waals surface area contributed by atoms with Crippen LogP contribution in [0.1, 0.15) is 45.4 Å². The molecule has 1 saturated heterocycles. The number of rotatable bonds is 1. The summed E-state index contributed by atoms with van der Waals surface area (Å²) in [6.07, 6.45) is 7.35. The molecule has 1 saturated carbocycles. The van der Waals surface area contributed by atoms with Gasteiger partial charge in [0.15, 0.2) is 0 Å². The van der Waals surface area contributed by atoms with Crippen LogP contribution >= 0.6 is 0 Å². The standard InChI is InChI=1S/C12H22N2O/c1-10-5-4-8-14(9-10)12(15)13-11-6-2-3-7-11/h10-11H,2-9H2,1H3,(H,13,15). The van der Waals surface area contributed by atoms with Crippen molar-refractivity contribution in [2.75, 3.05) is 13.1 Å². The molecule has 0 radical (unpaired) electrons. The summed E-state index contributed by atoms with van der Waals surface area (Å²) >= 11 is 0. The predicted octanol–water partition coefficient (Wildman–Crippen LogP) is 2.37. The van der Waals surface area contributed by atoms with Crippen molar-refractivity contribution in [3.05, 3.63) is 0 Å². The van der Waals surface area contributed by atoms with Crippen molar-refractivity contribution in [2.24, 2.45) is 5.92 Å². The average Bonchev–Trinajstić information content (AvgIpc) is 2.70. The van der Waals surface area contributed by atoms with Gasteiger partial charge in [-0.15, -0.1) is 0 Å². The van der Waals surface area contributed by atoms with E-state index in [2.05, 4.69) is 12.2 Å². The third-order valence-electron chi connectivity index (χ3n) is 3.63. The zero-order chi connectivity index (χ0) is 10.7. The van der Waals surface area contributed by atoms with Crippen molar-refractivity contribution >= 4 is 6.03 Å². The molecule has 0 aromatic carbocycles. The maximum absolute atomic E-state index is 11.9. The van der Waals surface area contributed by atoms with Gasteiger partial charge in [0.2, 0.25) is 0 Å². The molecule has 1 heterocycles. The normalized spacial score (nSPS) is 28.1. The predicted molar refractivity (Wildman–Crippen MR) is 60.8 cm³/mol. The van der Waals surface area contributed by atoms with Gasteiger partial charge in [-0.25, -0.2) is 4.79 Å². The van der Waals surface area contributed by atoms with E-state index in [1.54, 1.807) is 0 Å². The lowest BCUT2D eigenvalue weighted by Crippen LogP contribution is -2.47. The number of carbonyl (C=O) groups excluding carboxylic acids is 1. The van der Waals surface area contributed by atoms with Crippen LogP contribution < -0.4 is 5.32 Å². The summed E-state index contributed by atoms with van der Waals surface area (Å²) in [5, 5.41) is 3.16. The second-order valence-electron chi connectivity index (χ2n) is 5.12. The highest BCUT2D eigenvalue weighted by Gasteiger charge is 2.24. The average molecular weight is 210 g/mol. The molecular formula is C12H22N2O. The first-order valence-electron chi connectivity index (χ1n) is 6.31. The lowest BCUT2D eigenvalue weighted by atomic mass is 10.0. The quantitative estimate of drug-likeness (QED) is 0.708. The fourth-order valence-electron chi connectivity index (χ4n) is 2.71. The molecule has 3 heteroatoms. The van der Waals surface area contributed by atoms with Crippen molar-refractivity contribution in [2.45, 2.75) is 51.5 Å². The zero-order valence-corrected chi connectivity index (χ0v) is 9.67. The molecule has 0 bridgehead atoms. The first-order chi connectivity index (χ1) is 7.25. The third kappa shape index (κ3) is 2.86. The van der Waals surface area contributed by atoms with E-state index in [9.17, 15) is 4.79 Å². The highest BCUT2D eigenvalue weighted by Crippen LogP contribution is 2.19. The minimum Gasteiger partial charge on any atom is -0.335 e. The number of piperidine rings is 1. The Kier molecular flexibility index (Phi) is 3.49. The molecule has 2 fully saturated rings. The Morgan fingerprint density at radius 2 is 1.93 bits per heavy atom. The molecule has 0 aromatic heterocycles. The zero-order valence-electron chi connectivity index (χ0n) is 9.67. The maximum Gasteiger partial charge on any atom is 0.317 e. The number of urea groups is 1. The van der Waals surface area contributed by atoms with Crippen LogP contribution in [0.5, 0.6) is 0 Å². The lowest BCUT2D eigenvalue weighted by Gasteiger charge is -2.31. The minimum atomic E-state index is 0.174. The van der Waals surface area contributed by atoms with Crippen molar-refractivity contribution in [1.29, 1.82) is 0 Å². The van der Waals surface area contributed by atoms with E-state index in [0.717, 1.165) is 13.1 Å². The van der Waals surface area contributed by atoms with E-state index in [4.69, 9.17) is 0 Å². The summed E-state index contributed by atoms with van der Waals surface area (Å²) in [7, 11) is 0. The Labute approximate surface area is 92.2 Å². The molecule has 0 aromatic rings. The lowest BCUT2D eigenvalue weighted by molar-refractivity contribution is 0.166. The molecule has 3 nitrogen and oxygen atoms in total. The summed E-state index contributed by atoms with van der Waals surface area (Å²) in [4.78, 5) is 13.9. The number of nitrogens with zero attached hydrogens (tertiary/aromatic N) is 1. The van der Waals surface area contributed by atoms with E-state index in [1.165, 1.54) is 38.5 Å². The Balaban J connectivity index is 1.78. The highest BCUT2D eigenvalue weighted by atomic mass is 16.2. The molecule has 2 rings (SSSR count). The summed E-state index contributed by atoms with van der Waals surface area (Å²) in [5.41, 5.74) is 0. The van der Waals surface area contributed by atoms with E-state index < -0.39 is 0 Å². The maximum atomic E-state index is 11.9. The number of hydrogen-bond acceptors (Lipinski definition) is 1.